The van der Waals surface area contributed by atoms with Crippen LogP contribution in [0.1, 0.15) is 57.7 Å². The van der Waals surface area contributed by atoms with Crippen LogP contribution < -0.4 is 14.8 Å². The highest BCUT2D eigenvalue weighted by molar-refractivity contribution is 7.14. The molecule has 2 amide bonds. The fraction of sp³-hybridized carbons (Fsp3) is 0.500. The number of fused-ring (bicyclic) bond motifs is 1. The van der Waals surface area contributed by atoms with Gasteiger partial charge in [0.15, 0.2) is 11.5 Å². The van der Waals surface area contributed by atoms with E-state index in [9.17, 15) is 9.59 Å². The number of benzene rings is 1. The Morgan fingerprint density at radius 1 is 1.10 bits per heavy atom. The van der Waals surface area contributed by atoms with Crippen molar-refractivity contribution in [1.29, 1.82) is 0 Å². The molecule has 0 radical (unpaired) electrons. The Labute approximate surface area is 188 Å². The van der Waals surface area contributed by atoms with E-state index in [1.807, 2.05) is 6.07 Å². The van der Waals surface area contributed by atoms with Gasteiger partial charge in [-0.3, -0.25) is 9.59 Å². The van der Waals surface area contributed by atoms with Crippen molar-refractivity contribution in [3.05, 3.63) is 39.1 Å². The summed E-state index contributed by atoms with van der Waals surface area (Å²) in [7, 11) is 6.38. The molecule has 1 aromatic heterocycles. The van der Waals surface area contributed by atoms with E-state index in [2.05, 4.69) is 26.1 Å². The van der Waals surface area contributed by atoms with Crippen molar-refractivity contribution in [3.8, 4) is 11.5 Å². The summed E-state index contributed by atoms with van der Waals surface area (Å²) >= 11 is 1.55. The minimum absolute atomic E-state index is 0.216. The summed E-state index contributed by atoms with van der Waals surface area (Å²) in [4.78, 5) is 29.3. The average Bonchev–Trinajstić information content (AvgIpc) is 3.15. The second-order valence-corrected chi connectivity index (χ2v) is 10.4. The van der Waals surface area contributed by atoms with E-state index < -0.39 is 0 Å². The summed E-state index contributed by atoms with van der Waals surface area (Å²) in [5.41, 5.74) is 2.28. The zero-order valence-corrected chi connectivity index (χ0v) is 20.2. The largest absolute Gasteiger partial charge is 0.493 e. The number of carbonyl (C=O) groups excluding carboxylic acids is 2. The van der Waals surface area contributed by atoms with Gasteiger partial charge in [0.05, 0.1) is 30.3 Å². The molecule has 1 N–H and O–H groups in total. The van der Waals surface area contributed by atoms with Gasteiger partial charge in [-0.25, -0.2) is 0 Å². The van der Waals surface area contributed by atoms with Crippen molar-refractivity contribution in [2.45, 2.75) is 40.0 Å². The monoisotopic (exact) mass is 444 g/mol. The van der Waals surface area contributed by atoms with Gasteiger partial charge in [0.2, 0.25) is 0 Å². The maximum absolute atomic E-state index is 13.1. The molecule has 31 heavy (non-hydrogen) atoms. The quantitative estimate of drug-likeness (QED) is 0.714. The van der Waals surface area contributed by atoms with E-state index in [4.69, 9.17) is 9.47 Å². The minimum Gasteiger partial charge on any atom is -0.493 e. The van der Waals surface area contributed by atoms with E-state index in [1.54, 1.807) is 37.6 Å². The molecule has 1 heterocycles. The van der Waals surface area contributed by atoms with Crippen molar-refractivity contribution in [3.63, 3.8) is 0 Å². The third-order valence-corrected chi connectivity index (χ3v) is 7.18. The van der Waals surface area contributed by atoms with Gasteiger partial charge in [0.1, 0.15) is 0 Å². The van der Waals surface area contributed by atoms with Crippen molar-refractivity contribution in [2.75, 3.05) is 33.6 Å². The summed E-state index contributed by atoms with van der Waals surface area (Å²) in [6.45, 7) is 6.84. The van der Waals surface area contributed by atoms with E-state index in [1.165, 1.54) is 29.6 Å². The topological polar surface area (TPSA) is 67.9 Å². The molecule has 1 atom stereocenters. The van der Waals surface area contributed by atoms with Crippen LogP contribution in [-0.4, -0.2) is 45.0 Å². The molecule has 0 aliphatic heterocycles. The molecule has 0 bridgehead atoms. The number of hydrogen-bond donors (Lipinski definition) is 1. The predicted molar refractivity (Wildman–Crippen MR) is 125 cm³/mol. The number of rotatable bonds is 5. The first-order valence-corrected chi connectivity index (χ1v) is 11.3. The zero-order chi connectivity index (χ0) is 22.9. The number of hydrogen-bond acceptors (Lipinski definition) is 5. The van der Waals surface area contributed by atoms with Crippen LogP contribution in [0.2, 0.25) is 0 Å². The van der Waals surface area contributed by atoms with E-state index in [0.717, 1.165) is 19.3 Å². The Morgan fingerprint density at radius 2 is 1.74 bits per heavy atom. The summed E-state index contributed by atoms with van der Waals surface area (Å²) in [5, 5.41) is 2.93. The fourth-order valence-corrected chi connectivity index (χ4v) is 5.06. The number of anilines is 1. The summed E-state index contributed by atoms with van der Waals surface area (Å²) in [5.74, 6) is 1.05. The molecule has 6 nitrogen and oxygen atoms in total. The number of ether oxygens (including phenoxy) is 2. The first-order valence-electron chi connectivity index (χ1n) is 10.5. The van der Waals surface area contributed by atoms with Crippen LogP contribution in [0.4, 0.5) is 5.69 Å². The van der Waals surface area contributed by atoms with Crippen LogP contribution in [0.15, 0.2) is 18.2 Å². The van der Waals surface area contributed by atoms with E-state index in [0.29, 0.717) is 33.5 Å². The number of methoxy groups -OCH3 is 2. The van der Waals surface area contributed by atoms with Crippen LogP contribution in [0.25, 0.3) is 0 Å². The van der Waals surface area contributed by atoms with Crippen molar-refractivity contribution < 1.29 is 19.1 Å². The van der Waals surface area contributed by atoms with Crippen LogP contribution in [0.5, 0.6) is 11.5 Å². The molecular weight excluding hydrogens is 412 g/mol. The first-order chi connectivity index (χ1) is 14.5. The van der Waals surface area contributed by atoms with Crippen LogP contribution in [0, 0.1) is 11.3 Å². The molecule has 1 aromatic carbocycles. The van der Waals surface area contributed by atoms with Gasteiger partial charge in [-0.15, -0.1) is 11.3 Å². The van der Waals surface area contributed by atoms with Crippen LogP contribution in [-0.2, 0) is 12.8 Å². The molecule has 0 spiro atoms. The lowest BCUT2D eigenvalue weighted by Gasteiger charge is -2.33. The molecule has 1 aliphatic carbocycles. The second-order valence-electron chi connectivity index (χ2n) is 9.27. The molecule has 1 unspecified atom stereocenters. The lowest BCUT2D eigenvalue weighted by atomic mass is 9.72. The number of thiophene rings is 1. The molecular formula is C24H32N2O4S. The third kappa shape index (κ3) is 4.87. The highest BCUT2D eigenvalue weighted by Gasteiger charge is 2.30. The van der Waals surface area contributed by atoms with Gasteiger partial charge < -0.3 is 19.7 Å². The van der Waals surface area contributed by atoms with E-state index in [-0.39, 0.29) is 17.2 Å². The van der Waals surface area contributed by atoms with Crippen molar-refractivity contribution in [2.24, 2.45) is 11.3 Å². The normalized spacial score (nSPS) is 15.8. The van der Waals surface area contributed by atoms with Gasteiger partial charge in [0.25, 0.3) is 11.8 Å². The minimum atomic E-state index is -0.227. The molecule has 2 aromatic rings. The van der Waals surface area contributed by atoms with Gasteiger partial charge in [0, 0.05) is 25.0 Å². The Bertz CT molecular complexity index is 988. The Balaban J connectivity index is 1.90. The van der Waals surface area contributed by atoms with Gasteiger partial charge in [-0.05, 0) is 48.3 Å². The number of carbonyl (C=O) groups is 2. The Hall–Kier alpha value is -2.54. The second kappa shape index (κ2) is 8.91. The van der Waals surface area contributed by atoms with Gasteiger partial charge >= 0.3 is 0 Å². The van der Waals surface area contributed by atoms with Crippen molar-refractivity contribution in [1.82, 2.24) is 4.90 Å². The molecule has 0 fully saturated rings. The lowest BCUT2D eigenvalue weighted by molar-refractivity contribution is 0.0828. The van der Waals surface area contributed by atoms with Crippen LogP contribution in [0.3, 0.4) is 0 Å². The summed E-state index contributed by atoms with van der Waals surface area (Å²) < 4.78 is 10.7. The smallest absolute Gasteiger partial charge is 0.265 e. The number of nitrogens with zero attached hydrogens (tertiary/aromatic N) is 1. The molecule has 168 valence electrons. The number of aryl methyl sites for hydroxylation is 1. The first kappa shape index (κ1) is 23.1. The summed E-state index contributed by atoms with van der Waals surface area (Å²) in [6.07, 6.45) is 3.16. The molecule has 0 saturated heterocycles. The van der Waals surface area contributed by atoms with Gasteiger partial charge in [-0.2, -0.15) is 0 Å². The molecule has 7 heteroatoms. The SMILES string of the molecule is COc1cc(NC(=O)c2cc3c(s2)CCC(C(C)(C)C)C3)c(C(=O)N(C)C)cc1OC. The van der Waals surface area contributed by atoms with Crippen molar-refractivity contribution >= 4 is 28.8 Å². The highest BCUT2D eigenvalue weighted by Crippen LogP contribution is 2.40. The van der Waals surface area contributed by atoms with Crippen LogP contribution >= 0.6 is 11.3 Å². The van der Waals surface area contributed by atoms with E-state index >= 15 is 0 Å². The predicted octanol–water partition coefficient (Wildman–Crippen LogP) is 4.87. The molecule has 1 aliphatic rings. The number of nitrogens with one attached hydrogen (secondary N) is 1. The highest BCUT2D eigenvalue weighted by atomic mass is 32.1. The number of amides is 2. The summed E-state index contributed by atoms with van der Waals surface area (Å²) in [6, 6.07) is 5.25. The third-order valence-electron chi connectivity index (χ3n) is 5.94. The van der Waals surface area contributed by atoms with Gasteiger partial charge in [-0.1, -0.05) is 20.8 Å². The average molecular weight is 445 g/mol. The standard InChI is InChI=1S/C24H32N2O4S/c1-24(2,3)15-8-9-20-14(10-15)11-21(31-20)22(27)25-17-13-19(30-7)18(29-6)12-16(17)23(28)26(4)5/h11-13,15H,8-10H2,1-7H3,(H,25,27). The molecule has 3 rings (SSSR count). The lowest BCUT2D eigenvalue weighted by Crippen LogP contribution is -2.26. The fourth-order valence-electron chi connectivity index (χ4n) is 3.96. The zero-order valence-electron chi connectivity index (χ0n) is 19.4. The molecule has 0 saturated carbocycles. The maximum Gasteiger partial charge on any atom is 0.265 e. The Kier molecular flexibility index (Phi) is 6.65. The Morgan fingerprint density at radius 3 is 2.32 bits per heavy atom. The maximum atomic E-state index is 13.1.